The van der Waals surface area contributed by atoms with Gasteiger partial charge in [0.2, 0.25) is 0 Å². The summed E-state index contributed by atoms with van der Waals surface area (Å²) in [6.07, 6.45) is 0. The molecule has 2 aliphatic heterocycles. The Morgan fingerprint density at radius 2 is 1.07 bits per heavy atom. The number of nitrogens with zero attached hydrogens (tertiary/aromatic N) is 3. The van der Waals surface area contributed by atoms with Crippen LogP contribution in [0.25, 0.3) is 0 Å². The lowest BCUT2D eigenvalue weighted by Gasteiger charge is -2.33. The van der Waals surface area contributed by atoms with Gasteiger partial charge in [-0.3, -0.25) is 0 Å². The maximum absolute atomic E-state index is 11.8. The molecular weight excluding hydrogens is 574 g/mol. The van der Waals surface area contributed by atoms with Crippen LogP contribution in [-0.2, 0) is 10.8 Å². The molecule has 5 aromatic carbocycles. The Hall–Kier alpha value is -5.43. The van der Waals surface area contributed by atoms with Crippen molar-refractivity contribution in [2.75, 3.05) is 4.90 Å². The minimum Gasteiger partial charge on any atom is -0.478 e. The summed E-state index contributed by atoms with van der Waals surface area (Å²) in [5, 5.41) is 11.0. The largest absolute Gasteiger partial charge is 0.478 e. The van der Waals surface area contributed by atoms with Crippen LogP contribution in [0.3, 0.4) is 0 Å². The van der Waals surface area contributed by atoms with Crippen molar-refractivity contribution in [3.05, 3.63) is 124 Å². The van der Waals surface area contributed by atoms with Crippen LogP contribution in [0.4, 0.5) is 28.4 Å². The summed E-state index contributed by atoms with van der Waals surface area (Å²) in [5.41, 5.74) is 5.34. The number of fused-ring (bicyclic) bond motifs is 4. The second-order valence-corrected chi connectivity index (χ2v) is 13.7. The molecule has 2 heterocycles. The number of carboxylic acids is 1. The summed E-state index contributed by atoms with van der Waals surface area (Å²) >= 11 is 0. The third kappa shape index (κ3) is 4.98. The molecule has 0 fully saturated rings. The van der Waals surface area contributed by atoms with Gasteiger partial charge >= 0.3 is 5.97 Å². The van der Waals surface area contributed by atoms with E-state index in [2.05, 4.69) is 76.8 Å². The fourth-order valence-corrected chi connectivity index (χ4v) is 6.18. The molecule has 46 heavy (non-hydrogen) atoms. The monoisotopic (exact) mass is 609 g/mol. The number of ether oxygens (including phenoxy) is 2. The molecule has 2 aliphatic rings. The summed E-state index contributed by atoms with van der Waals surface area (Å²) in [6.45, 7) is 12.7. The van der Waals surface area contributed by atoms with E-state index >= 15 is 0 Å². The third-order valence-electron chi connectivity index (χ3n) is 8.18. The molecule has 0 saturated heterocycles. The van der Waals surface area contributed by atoms with E-state index in [-0.39, 0.29) is 5.56 Å². The molecule has 0 saturated carbocycles. The Kier molecular flexibility index (Phi) is 6.74. The zero-order chi connectivity index (χ0) is 32.4. The predicted molar refractivity (Wildman–Crippen MR) is 180 cm³/mol. The maximum Gasteiger partial charge on any atom is 0.335 e. The maximum atomic E-state index is 11.8. The first-order chi connectivity index (χ1) is 21.9. The van der Waals surface area contributed by atoms with Gasteiger partial charge in [0.15, 0.2) is 23.0 Å². The van der Waals surface area contributed by atoms with Crippen LogP contribution in [0.5, 0.6) is 23.0 Å². The molecule has 7 nitrogen and oxygen atoms in total. The molecule has 0 amide bonds. The van der Waals surface area contributed by atoms with Crippen LogP contribution in [0.1, 0.15) is 63.0 Å². The predicted octanol–water partition coefficient (Wildman–Crippen LogP) is 9.56. The number of benzene rings is 5. The van der Waals surface area contributed by atoms with E-state index in [4.69, 9.17) is 19.5 Å². The summed E-state index contributed by atoms with van der Waals surface area (Å²) < 4.78 is 13.5. The number of anilines is 3. The van der Waals surface area contributed by atoms with Gasteiger partial charge in [0.05, 0.1) is 5.56 Å². The SMILES string of the molecule is CC(C)(C)c1c2c(c(C(C)(C)C)c3c1=Nc1ccc(C(=O)O)cc1O3)=Nc1ccc(N(c3ccccc3)c3ccccc3)cc1O2. The van der Waals surface area contributed by atoms with Gasteiger partial charge in [0.1, 0.15) is 22.1 Å². The molecule has 0 aliphatic carbocycles. The molecular formula is C39H35N3O4. The van der Waals surface area contributed by atoms with Crippen molar-refractivity contribution in [3.8, 4) is 23.0 Å². The smallest absolute Gasteiger partial charge is 0.335 e. The first-order valence-electron chi connectivity index (χ1n) is 15.4. The molecule has 0 unspecified atom stereocenters. The van der Waals surface area contributed by atoms with E-state index in [1.165, 1.54) is 6.07 Å². The minimum atomic E-state index is -1.02. The van der Waals surface area contributed by atoms with Crippen molar-refractivity contribution in [1.29, 1.82) is 0 Å². The second-order valence-electron chi connectivity index (χ2n) is 13.7. The summed E-state index contributed by atoms with van der Waals surface area (Å²) in [5.74, 6) is 1.27. The number of carboxylic acid groups (broad SMARTS) is 1. The van der Waals surface area contributed by atoms with Gasteiger partial charge in [-0.25, -0.2) is 14.8 Å². The number of rotatable bonds is 4. The molecule has 5 aromatic rings. The van der Waals surface area contributed by atoms with Gasteiger partial charge in [0.25, 0.3) is 0 Å². The zero-order valence-corrected chi connectivity index (χ0v) is 26.8. The topological polar surface area (TPSA) is 83.7 Å². The van der Waals surface area contributed by atoms with E-state index < -0.39 is 16.8 Å². The number of aromatic carboxylic acids is 1. The first kappa shape index (κ1) is 29.3. The molecule has 0 bridgehead atoms. The highest BCUT2D eigenvalue weighted by Crippen LogP contribution is 2.47. The highest BCUT2D eigenvalue weighted by atomic mass is 16.5. The summed E-state index contributed by atoms with van der Waals surface area (Å²) in [4.78, 5) is 24.3. The molecule has 0 aromatic heterocycles. The van der Waals surface area contributed by atoms with E-state index in [0.29, 0.717) is 45.1 Å². The number of hydrogen-bond acceptors (Lipinski definition) is 6. The lowest BCUT2D eigenvalue weighted by atomic mass is 9.79. The highest BCUT2D eigenvalue weighted by Gasteiger charge is 2.36. The minimum absolute atomic E-state index is 0.140. The van der Waals surface area contributed by atoms with Gasteiger partial charge in [-0.15, -0.1) is 0 Å². The second kappa shape index (κ2) is 10.6. The van der Waals surface area contributed by atoms with Crippen molar-refractivity contribution >= 4 is 34.4 Å². The fourth-order valence-electron chi connectivity index (χ4n) is 6.18. The van der Waals surface area contributed by atoms with Crippen LogP contribution in [0, 0.1) is 0 Å². The fraction of sp³-hybridized carbons (Fsp3) is 0.205. The number of carbonyl (C=O) groups is 1. The van der Waals surface area contributed by atoms with Crippen molar-refractivity contribution in [3.63, 3.8) is 0 Å². The van der Waals surface area contributed by atoms with Crippen LogP contribution in [-0.4, -0.2) is 11.1 Å². The molecule has 0 radical (unpaired) electrons. The van der Waals surface area contributed by atoms with Crippen LogP contribution in [0.15, 0.2) is 107 Å². The Balaban J connectivity index is 1.48. The Morgan fingerprint density at radius 3 is 1.52 bits per heavy atom. The van der Waals surface area contributed by atoms with E-state index in [1.807, 2.05) is 48.5 Å². The van der Waals surface area contributed by atoms with Crippen LogP contribution < -0.4 is 25.1 Å². The van der Waals surface area contributed by atoms with Gasteiger partial charge in [0, 0.05) is 34.3 Å². The molecule has 1 N–H and O–H groups in total. The summed E-state index contributed by atoms with van der Waals surface area (Å²) in [7, 11) is 0. The van der Waals surface area contributed by atoms with E-state index in [0.717, 1.165) is 28.2 Å². The molecule has 0 spiro atoms. The summed E-state index contributed by atoms with van der Waals surface area (Å²) in [6, 6.07) is 31.4. The van der Waals surface area contributed by atoms with E-state index in [9.17, 15) is 9.90 Å². The quantitative estimate of drug-likeness (QED) is 0.215. The van der Waals surface area contributed by atoms with Gasteiger partial charge in [-0.1, -0.05) is 77.9 Å². The van der Waals surface area contributed by atoms with Crippen molar-refractivity contribution in [2.45, 2.75) is 52.4 Å². The van der Waals surface area contributed by atoms with Crippen molar-refractivity contribution in [1.82, 2.24) is 0 Å². The lowest BCUT2D eigenvalue weighted by Crippen LogP contribution is -2.37. The Bertz CT molecular complexity index is 2110. The van der Waals surface area contributed by atoms with E-state index in [1.54, 1.807) is 12.1 Å². The van der Waals surface area contributed by atoms with Gasteiger partial charge < -0.3 is 19.5 Å². The first-order valence-corrected chi connectivity index (χ1v) is 15.4. The van der Waals surface area contributed by atoms with Crippen molar-refractivity contribution < 1.29 is 19.4 Å². The lowest BCUT2D eigenvalue weighted by molar-refractivity contribution is 0.0696. The Morgan fingerprint density at radius 1 is 0.609 bits per heavy atom. The van der Waals surface area contributed by atoms with Crippen LogP contribution in [0.2, 0.25) is 0 Å². The molecule has 7 rings (SSSR count). The van der Waals surface area contributed by atoms with Gasteiger partial charge in [-0.2, -0.15) is 0 Å². The average Bonchev–Trinajstić information content (AvgIpc) is 3.01. The molecule has 7 heteroatoms. The van der Waals surface area contributed by atoms with Gasteiger partial charge in [-0.05, 0) is 65.4 Å². The standard InChI is InChI=1S/C39H35N3O4/c1-38(2,3)31-34-36(32(39(4,5)6)33-35(31)45-29-21-23(37(43)44)17-19-27(29)40-33)46-30-22-26(18-20-28(30)41-34)42(24-13-9-7-10-14-24)25-15-11-8-12-16-25/h7-22H,1-6H3,(H,43,44). The Labute approximate surface area is 268 Å². The molecule has 0 atom stereocenters. The van der Waals surface area contributed by atoms with Crippen LogP contribution >= 0.6 is 0 Å². The molecule has 230 valence electrons. The normalized spacial score (nSPS) is 13.0. The number of para-hydroxylation sites is 2. The third-order valence-corrected chi connectivity index (χ3v) is 8.18. The zero-order valence-electron chi connectivity index (χ0n) is 26.8. The highest BCUT2D eigenvalue weighted by molar-refractivity contribution is 5.89. The number of hydrogen-bond donors (Lipinski definition) is 1. The average molecular weight is 610 g/mol. The van der Waals surface area contributed by atoms with Crippen molar-refractivity contribution in [2.24, 2.45) is 9.98 Å².